The fourth-order valence-electron chi connectivity index (χ4n) is 2.30. The van der Waals surface area contributed by atoms with Crippen LogP contribution >= 0.6 is 0 Å². The largest absolute Gasteiger partial charge is 0.467 e. The second kappa shape index (κ2) is 8.17. The number of hydrogen-bond donors (Lipinski definition) is 2. The Hall–Kier alpha value is -2.56. The van der Waals surface area contributed by atoms with Crippen molar-refractivity contribution in [1.29, 1.82) is 0 Å². The van der Waals surface area contributed by atoms with Crippen LogP contribution in [0.25, 0.3) is 0 Å². The summed E-state index contributed by atoms with van der Waals surface area (Å²) in [4.78, 5) is 23.5. The molecule has 5 heteroatoms. The average molecular weight is 314 g/mol. The monoisotopic (exact) mass is 314 g/mol. The molecule has 0 saturated heterocycles. The quantitative estimate of drug-likeness (QED) is 0.823. The number of carbonyl (C=O) groups is 2. The molecule has 0 radical (unpaired) electrons. The van der Waals surface area contributed by atoms with Crippen molar-refractivity contribution in [2.45, 2.75) is 33.2 Å². The molecule has 5 nitrogen and oxygen atoms in total. The first kappa shape index (κ1) is 16.8. The van der Waals surface area contributed by atoms with E-state index >= 15 is 0 Å². The molecule has 2 aromatic rings. The molecule has 0 aliphatic heterocycles. The van der Waals surface area contributed by atoms with E-state index in [9.17, 15) is 9.59 Å². The Bertz CT molecular complexity index is 663. The van der Waals surface area contributed by atoms with E-state index in [1.165, 1.54) is 11.1 Å². The van der Waals surface area contributed by atoms with Gasteiger partial charge in [-0.3, -0.25) is 9.59 Å². The first-order valence-corrected chi connectivity index (χ1v) is 7.66. The lowest BCUT2D eigenvalue weighted by Crippen LogP contribution is -2.36. The number of benzene rings is 1. The van der Waals surface area contributed by atoms with Crippen molar-refractivity contribution >= 4 is 11.8 Å². The van der Waals surface area contributed by atoms with Gasteiger partial charge in [-0.05, 0) is 43.5 Å². The molecule has 1 aromatic heterocycles. The third-order valence-electron chi connectivity index (χ3n) is 3.61. The molecule has 2 rings (SSSR count). The van der Waals surface area contributed by atoms with Crippen molar-refractivity contribution in [3.05, 3.63) is 59.0 Å². The van der Waals surface area contributed by atoms with Crippen LogP contribution < -0.4 is 10.6 Å². The summed E-state index contributed by atoms with van der Waals surface area (Å²) < 4.78 is 5.11. The zero-order valence-corrected chi connectivity index (χ0v) is 13.5. The van der Waals surface area contributed by atoms with Crippen molar-refractivity contribution in [2.75, 3.05) is 6.54 Å². The van der Waals surface area contributed by atoms with Crippen molar-refractivity contribution in [3.63, 3.8) is 0 Å². The number of nitrogens with one attached hydrogen (secondary N) is 2. The zero-order chi connectivity index (χ0) is 16.7. The van der Waals surface area contributed by atoms with Crippen LogP contribution in [0.4, 0.5) is 0 Å². The molecule has 0 saturated carbocycles. The van der Waals surface area contributed by atoms with Crippen LogP contribution in [0.15, 0.2) is 41.0 Å². The number of furan rings is 1. The number of rotatable bonds is 7. The molecule has 0 aliphatic carbocycles. The Labute approximate surface area is 136 Å². The summed E-state index contributed by atoms with van der Waals surface area (Å²) in [6.45, 7) is 4.39. The molecule has 0 unspecified atom stereocenters. The van der Waals surface area contributed by atoms with Gasteiger partial charge in [0.15, 0.2) is 0 Å². The maximum Gasteiger partial charge on any atom is 0.239 e. The Morgan fingerprint density at radius 2 is 1.91 bits per heavy atom. The first-order chi connectivity index (χ1) is 11.0. The van der Waals surface area contributed by atoms with Gasteiger partial charge >= 0.3 is 0 Å². The molecule has 0 atom stereocenters. The van der Waals surface area contributed by atoms with E-state index in [-0.39, 0.29) is 18.4 Å². The lowest BCUT2D eigenvalue weighted by Gasteiger charge is -2.08. The summed E-state index contributed by atoms with van der Waals surface area (Å²) in [5.41, 5.74) is 3.56. The van der Waals surface area contributed by atoms with Crippen LogP contribution in [-0.4, -0.2) is 18.4 Å². The highest BCUT2D eigenvalue weighted by Gasteiger charge is 2.07. The van der Waals surface area contributed by atoms with E-state index in [4.69, 9.17) is 4.42 Å². The summed E-state index contributed by atoms with van der Waals surface area (Å²) in [5, 5.41) is 5.31. The summed E-state index contributed by atoms with van der Waals surface area (Å²) >= 11 is 0. The smallest absolute Gasteiger partial charge is 0.239 e. The number of aryl methyl sites for hydroxylation is 3. The van der Waals surface area contributed by atoms with E-state index in [2.05, 4.69) is 16.7 Å². The highest BCUT2D eigenvalue weighted by atomic mass is 16.3. The topological polar surface area (TPSA) is 71.3 Å². The van der Waals surface area contributed by atoms with Gasteiger partial charge in [-0.15, -0.1) is 0 Å². The van der Waals surface area contributed by atoms with Gasteiger partial charge in [0, 0.05) is 6.42 Å². The maximum atomic E-state index is 11.8. The minimum atomic E-state index is -0.235. The van der Waals surface area contributed by atoms with Gasteiger partial charge in [0.05, 0.1) is 19.4 Å². The Balaban J connectivity index is 1.67. The Morgan fingerprint density at radius 1 is 1.09 bits per heavy atom. The van der Waals surface area contributed by atoms with Gasteiger partial charge < -0.3 is 15.1 Å². The minimum absolute atomic E-state index is 0.0214. The molecule has 0 aliphatic rings. The predicted molar refractivity (Wildman–Crippen MR) is 87.8 cm³/mol. The molecule has 0 bridgehead atoms. The van der Waals surface area contributed by atoms with Gasteiger partial charge in [-0.1, -0.05) is 23.8 Å². The Kier molecular flexibility index (Phi) is 5.97. The molecule has 122 valence electrons. The number of amides is 2. The molecule has 23 heavy (non-hydrogen) atoms. The maximum absolute atomic E-state index is 11.8. The standard InChI is InChI=1S/C18H22N2O3/c1-13-5-6-15(14(2)10-13)7-8-17(21)20-12-18(22)19-11-16-4-3-9-23-16/h3-6,9-10H,7-8,11-12H2,1-2H3,(H,19,22)(H,20,21). The molecule has 1 aromatic carbocycles. The minimum Gasteiger partial charge on any atom is -0.467 e. The molecule has 1 heterocycles. The second-order valence-electron chi connectivity index (χ2n) is 5.56. The third-order valence-corrected chi connectivity index (χ3v) is 3.61. The van der Waals surface area contributed by atoms with Gasteiger partial charge in [-0.2, -0.15) is 0 Å². The predicted octanol–water partition coefficient (Wildman–Crippen LogP) is 2.26. The van der Waals surface area contributed by atoms with E-state index in [0.717, 1.165) is 5.56 Å². The highest BCUT2D eigenvalue weighted by molar-refractivity contribution is 5.84. The van der Waals surface area contributed by atoms with Crippen LogP contribution in [0.5, 0.6) is 0 Å². The molecular formula is C18H22N2O3. The van der Waals surface area contributed by atoms with Gasteiger partial charge in [0.2, 0.25) is 11.8 Å². The molecular weight excluding hydrogens is 292 g/mol. The lowest BCUT2D eigenvalue weighted by molar-refractivity contribution is -0.126. The van der Waals surface area contributed by atoms with E-state index in [1.54, 1.807) is 18.4 Å². The fourth-order valence-corrected chi connectivity index (χ4v) is 2.30. The lowest BCUT2D eigenvalue weighted by atomic mass is 10.0. The number of carbonyl (C=O) groups excluding carboxylic acids is 2. The van der Waals surface area contributed by atoms with Crippen LogP contribution in [0.2, 0.25) is 0 Å². The normalized spacial score (nSPS) is 10.3. The van der Waals surface area contributed by atoms with E-state index in [0.29, 0.717) is 25.1 Å². The summed E-state index contributed by atoms with van der Waals surface area (Å²) in [7, 11) is 0. The highest BCUT2D eigenvalue weighted by Crippen LogP contribution is 2.12. The van der Waals surface area contributed by atoms with Crippen molar-refractivity contribution in [3.8, 4) is 0 Å². The van der Waals surface area contributed by atoms with Gasteiger partial charge in [0.25, 0.3) is 0 Å². The third kappa shape index (κ3) is 5.62. The van der Waals surface area contributed by atoms with Crippen LogP contribution in [-0.2, 0) is 22.6 Å². The Morgan fingerprint density at radius 3 is 2.61 bits per heavy atom. The number of hydrogen-bond acceptors (Lipinski definition) is 3. The van der Waals surface area contributed by atoms with Gasteiger partial charge in [-0.25, -0.2) is 0 Å². The molecule has 0 spiro atoms. The molecule has 0 fully saturated rings. The second-order valence-corrected chi connectivity index (χ2v) is 5.56. The summed E-state index contributed by atoms with van der Waals surface area (Å²) in [6, 6.07) is 9.74. The average Bonchev–Trinajstić information content (AvgIpc) is 3.03. The van der Waals surface area contributed by atoms with Crippen molar-refractivity contribution in [2.24, 2.45) is 0 Å². The van der Waals surface area contributed by atoms with Crippen LogP contribution in [0.3, 0.4) is 0 Å². The van der Waals surface area contributed by atoms with E-state index in [1.807, 2.05) is 26.0 Å². The van der Waals surface area contributed by atoms with E-state index < -0.39 is 0 Å². The van der Waals surface area contributed by atoms with Crippen LogP contribution in [0, 0.1) is 13.8 Å². The molecule has 2 N–H and O–H groups in total. The summed E-state index contributed by atoms with van der Waals surface area (Å²) in [6.07, 6.45) is 2.59. The fraction of sp³-hybridized carbons (Fsp3) is 0.333. The summed E-state index contributed by atoms with van der Waals surface area (Å²) in [5.74, 6) is 0.318. The van der Waals surface area contributed by atoms with Crippen LogP contribution in [0.1, 0.15) is 28.9 Å². The van der Waals surface area contributed by atoms with Crippen molar-refractivity contribution in [1.82, 2.24) is 10.6 Å². The SMILES string of the molecule is Cc1ccc(CCC(=O)NCC(=O)NCc2ccco2)c(C)c1. The van der Waals surface area contributed by atoms with Crippen molar-refractivity contribution < 1.29 is 14.0 Å². The van der Waals surface area contributed by atoms with Gasteiger partial charge in [0.1, 0.15) is 5.76 Å². The first-order valence-electron chi connectivity index (χ1n) is 7.66. The zero-order valence-electron chi connectivity index (χ0n) is 13.5. The molecule has 2 amide bonds.